The number of carboxylic acids is 1. The van der Waals surface area contributed by atoms with E-state index in [1.54, 1.807) is 0 Å². The zero-order valence-corrected chi connectivity index (χ0v) is 10.0. The molecule has 0 aliphatic heterocycles. The smallest absolute Gasteiger partial charge is 0.353 e. The van der Waals surface area contributed by atoms with Crippen molar-refractivity contribution in [2.24, 2.45) is 0 Å². The lowest BCUT2D eigenvalue weighted by Crippen LogP contribution is -1.95. The van der Waals surface area contributed by atoms with Gasteiger partial charge in [-0.1, -0.05) is 11.6 Å². The fraction of sp³-hybridized carbons (Fsp3) is 0.0909. The third-order valence-corrected chi connectivity index (χ3v) is 2.67. The van der Waals surface area contributed by atoms with Gasteiger partial charge in [0.15, 0.2) is 11.5 Å². The van der Waals surface area contributed by atoms with Crippen LogP contribution in [0.5, 0.6) is 11.5 Å². The normalized spacial score (nSPS) is 10.3. The van der Waals surface area contributed by atoms with E-state index in [1.165, 1.54) is 25.3 Å². The summed E-state index contributed by atoms with van der Waals surface area (Å²) in [5.41, 5.74) is 0.541. The second-order valence-corrected chi connectivity index (χ2v) is 3.85. The van der Waals surface area contributed by atoms with Crippen LogP contribution < -0.4 is 4.74 Å². The van der Waals surface area contributed by atoms with Gasteiger partial charge in [-0.2, -0.15) is 5.10 Å². The van der Waals surface area contributed by atoms with Gasteiger partial charge in [-0.25, -0.2) is 4.79 Å². The Labute approximate surface area is 107 Å². The Hall–Kier alpha value is -2.21. The third-order valence-electron chi connectivity index (χ3n) is 2.35. The molecule has 0 saturated heterocycles. The van der Waals surface area contributed by atoms with Crippen LogP contribution in [0.1, 0.15) is 10.5 Å². The van der Waals surface area contributed by atoms with Crippen molar-refractivity contribution in [2.45, 2.75) is 0 Å². The van der Waals surface area contributed by atoms with Gasteiger partial charge in [0.1, 0.15) is 5.69 Å². The average molecular weight is 269 g/mol. The number of halogens is 1. The molecule has 0 fully saturated rings. The minimum Gasteiger partial charge on any atom is -0.504 e. The highest BCUT2D eigenvalue weighted by atomic mass is 35.5. The second-order valence-electron chi connectivity index (χ2n) is 3.45. The van der Waals surface area contributed by atoms with Crippen molar-refractivity contribution in [1.82, 2.24) is 10.2 Å². The summed E-state index contributed by atoms with van der Waals surface area (Å²) in [6.07, 6.45) is 0. The number of carbonyl (C=O) groups is 1. The molecule has 0 saturated carbocycles. The van der Waals surface area contributed by atoms with Crippen LogP contribution in [0, 0.1) is 0 Å². The van der Waals surface area contributed by atoms with E-state index in [0.717, 1.165) is 0 Å². The molecule has 0 atom stereocenters. The first-order valence-corrected chi connectivity index (χ1v) is 5.27. The first-order chi connectivity index (χ1) is 8.54. The molecular weight excluding hydrogens is 260 g/mol. The maximum atomic E-state index is 10.8. The summed E-state index contributed by atoms with van der Waals surface area (Å²) < 4.78 is 5.05. The number of H-pyrrole nitrogens is 1. The number of nitrogens with one attached hydrogen (secondary N) is 1. The largest absolute Gasteiger partial charge is 0.504 e. The molecule has 0 aliphatic carbocycles. The van der Waals surface area contributed by atoms with Crippen molar-refractivity contribution < 1.29 is 19.7 Å². The molecule has 0 radical (unpaired) electrons. The Morgan fingerprint density at radius 3 is 2.78 bits per heavy atom. The van der Waals surface area contributed by atoms with E-state index in [2.05, 4.69) is 10.2 Å². The predicted molar refractivity (Wildman–Crippen MR) is 64.2 cm³/mol. The van der Waals surface area contributed by atoms with E-state index in [4.69, 9.17) is 21.4 Å². The first-order valence-electron chi connectivity index (χ1n) is 4.89. The van der Waals surface area contributed by atoms with E-state index < -0.39 is 5.97 Å². The van der Waals surface area contributed by atoms with Crippen molar-refractivity contribution in [3.05, 3.63) is 28.9 Å². The number of hydrogen-bond acceptors (Lipinski definition) is 4. The van der Waals surface area contributed by atoms with Crippen molar-refractivity contribution in [3.63, 3.8) is 0 Å². The van der Waals surface area contributed by atoms with Crippen LogP contribution in [0.4, 0.5) is 0 Å². The molecule has 1 aromatic heterocycles. The van der Waals surface area contributed by atoms with Gasteiger partial charge < -0.3 is 14.9 Å². The molecule has 3 N–H and O–H groups in total. The molecule has 0 bridgehead atoms. The molecule has 18 heavy (non-hydrogen) atoms. The molecule has 1 heterocycles. The summed E-state index contributed by atoms with van der Waals surface area (Å²) in [6, 6.07) is 4.17. The van der Waals surface area contributed by atoms with Crippen LogP contribution in [0.15, 0.2) is 18.2 Å². The van der Waals surface area contributed by atoms with Crippen molar-refractivity contribution in [3.8, 4) is 22.8 Å². The van der Waals surface area contributed by atoms with Crippen LogP contribution in [0.3, 0.4) is 0 Å². The zero-order valence-electron chi connectivity index (χ0n) is 9.27. The molecule has 0 amide bonds. The molecule has 2 aromatic rings. The summed E-state index contributed by atoms with van der Waals surface area (Å²) in [4.78, 5) is 10.8. The van der Waals surface area contributed by atoms with Crippen LogP contribution in [0.2, 0.25) is 5.02 Å². The molecule has 7 heteroatoms. The number of nitrogens with zero attached hydrogens (tertiary/aromatic N) is 1. The number of ether oxygens (including phenoxy) is 1. The number of aromatic amines is 1. The van der Waals surface area contributed by atoms with Crippen molar-refractivity contribution >= 4 is 17.6 Å². The second kappa shape index (κ2) is 4.58. The number of benzene rings is 1. The van der Waals surface area contributed by atoms with E-state index in [9.17, 15) is 9.90 Å². The number of phenols is 1. The van der Waals surface area contributed by atoms with Crippen LogP contribution in [0.25, 0.3) is 11.3 Å². The molecule has 0 unspecified atom stereocenters. The van der Waals surface area contributed by atoms with Gasteiger partial charge in [-0.15, -0.1) is 0 Å². The van der Waals surface area contributed by atoms with Crippen LogP contribution in [-0.4, -0.2) is 33.5 Å². The molecular formula is C11H9ClN2O4. The molecule has 0 aliphatic rings. The maximum Gasteiger partial charge on any atom is 0.353 e. The van der Waals surface area contributed by atoms with E-state index in [1.807, 2.05) is 0 Å². The van der Waals surface area contributed by atoms with Gasteiger partial charge >= 0.3 is 5.97 Å². The Bertz CT molecular complexity index is 609. The summed E-state index contributed by atoms with van der Waals surface area (Å²) in [5.74, 6) is -1.09. The fourth-order valence-electron chi connectivity index (χ4n) is 1.55. The molecule has 94 valence electrons. The van der Waals surface area contributed by atoms with Gasteiger partial charge in [-0.05, 0) is 18.2 Å². The standard InChI is InChI=1S/C11H9ClN2O4/c1-18-10-8(15)3-2-5(12)9(10)6-4-7(11(16)17)14-13-6/h2-4,15H,1H3,(H,13,14)(H,16,17). The van der Waals surface area contributed by atoms with Crippen LogP contribution >= 0.6 is 11.6 Å². The summed E-state index contributed by atoms with van der Waals surface area (Å²) in [6.45, 7) is 0. The van der Waals surface area contributed by atoms with E-state index in [-0.39, 0.29) is 22.9 Å². The Morgan fingerprint density at radius 1 is 1.50 bits per heavy atom. The number of methoxy groups -OCH3 is 1. The van der Waals surface area contributed by atoms with Crippen LogP contribution in [-0.2, 0) is 0 Å². The highest BCUT2D eigenvalue weighted by molar-refractivity contribution is 6.33. The minimum atomic E-state index is -1.14. The monoisotopic (exact) mass is 268 g/mol. The quantitative estimate of drug-likeness (QED) is 0.793. The topological polar surface area (TPSA) is 95.4 Å². The number of aromatic hydroxyl groups is 1. The highest BCUT2D eigenvalue weighted by Gasteiger charge is 2.18. The molecule has 6 nitrogen and oxygen atoms in total. The summed E-state index contributed by atoms with van der Waals surface area (Å²) in [7, 11) is 1.37. The van der Waals surface area contributed by atoms with E-state index in [0.29, 0.717) is 10.6 Å². The number of rotatable bonds is 3. The molecule has 2 rings (SSSR count). The molecule has 0 spiro atoms. The number of aromatic nitrogens is 2. The highest BCUT2D eigenvalue weighted by Crippen LogP contribution is 2.41. The van der Waals surface area contributed by atoms with E-state index >= 15 is 0 Å². The number of hydrogen-bond donors (Lipinski definition) is 3. The van der Waals surface area contributed by atoms with Crippen molar-refractivity contribution in [1.29, 1.82) is 0 Å². The Kier molecular flexibility index (Phi) is 3.12. The minimum absolute atomic E-state index is 0.0773. The van der Waals surface area contributed by atoms with Gasteiger partial charge in [0.2, 0.25) is 0 Å². The lowest BCUT2D eigenvalue weighted by Gasteiger charge is -2.09. The number of carboxylic acid groups (broad SMARTS) is 1. The summed E-state index contributed by atoms with van der Waals surface area (Å²) in [5, 5.41) is 25.0. The zero-order chi connectivity index (χ0) is 13.3. The van der Waals surface area contributed by atoms with Gasteiger partial charge in [0.25, 0.3) is 0 Å². The maximum absolute atomic E-state index is 10.8. The Morgan fingerprint density at radius 2 is 2.22 bits per heavy atom. The average Bonchev–Trinajstić information content (AvgIpc) is 2.81. The van der Waals surface area contributed by atoms with Gasteiger partial charge in [0.05, 0.1) is 23.4 Å². The lowest BCUT2D eigenvalue weighted by atomic mass is 10.1. The predicted octanol–water partition coefficient (Wildman–Crippen LogP) is 2.14. The Balaban J connectivity index is 2.62. The fourth-order valence-corrected chi connectivity index (χ4v) is 1.80. The number of phenolic OH excluding ortho intramolecular Hbond substituents is 1. The first kappa shape index (κ1) is 12.3. The van der Waals surface area contributed by atoms with Gasteiger partial charge in [-0.3, -0.25) is 5.10 Å². The third kappa shape index (κ3) is 1.98. The molecule has 1 aromatic carbocycles. The van der Waals surface area contributed by atoms with Gasteiger partial charge in [0, 0.05) is 0 Å². The number of aromatic carboxylic acids is 1. The summed E-state index contributed by atoms with van der Waals surface area (Å²) >= 11 is 6.01. The lowest BCUT2D eigenvalue weighted by molar-refractivity contribution is 0.0690. The van der Waals surface area contributed by atoms with Crippen molar-refractivity contribution in [2.75, 3.05) is 7.11 Å². The SMILES string of the molecule is COc1c(O)ccc(Cl)c1-c1cc(C(=O)O)[nH]n1.